The Morgan fingerprint density at radius 3 is 2.71 bits per heavy atom. The van der Waals surface area contributed by atoms with Gasteiger partial charge in [-0.2, -0.15) is 5.10 Å². The molecule has 1 heterocycles. The third kappa shape index (κ3) is 3.79. The zero-order valence-electron chi connectivity index (χ0n) is 12.7. The van der Waals surface area contributed by atoms with E-state index in [1.807, 2.05) is 6.07 Å². The molecule has 3 N–H and O–H groups in total. The third-order valence-electron chi connectivity index (χ3n) is 3.42. The molecule has 0 unspecified atom stereocenters. The Labute approximate surface area is 139 Å². The van der Waals surface area contributed by atoms with Crippen LogP contribution in [-0.4, -0.2) is 31.1 Å². The van der Waals surface area contributed by atoms with Gasteiger partial charge < -0.3 is 5.32 Å². The number of carbonyl (C=O) groups is 1. The number of aromatic nitrogens is 2. The van der Waals surface area contributed by atoms with Crippen LogP contribution in [-0.2, 0) is 14.8 Å². The van der Waals surface area contributed by atoms with Crippen LogP contribution >= 0.6 is 0 Å². The molecule has 7 nitrogen and oxygen atoms in total. The first kappa shape index (κ1) is 16.2. The Balaban J connectivity index is 1.54. The first-order valence-corrected chi connectivity index (χ1v) is 8.81. The number of fused-ring (bicyclic) bond motifs is 1. The molecule has 1 aromatic heterocycles. The van der Waals surface area contributed by atoms with Crippen LogP contribution in [0.25, 0.3) is 10.9 Å². The Morgan fingerprint density at radius 1 is 1.12 bits per heavy atom. The Hall–Kier alpha value is -2.71. The summed E-state index contributed by atoms with van der Waals surface area (Å²) < 4.78 is 26.5. The van der Waals surface area contributed by atoms with Crippen molar-refractivity contribution in [1.29, 1.82) is 0 Å². The molecule has 8 heteroatoms. The SMILES string of the molecule is O=C(CCNS(=O)(=O)c1ccccc1)Nc1ccc2[nH]ncc2c1. The van der Waals surface area contributed by atoms with Crippen molar-refractivity contribution in [1.82, 2.24) is 14.9 Å². The number of amides is 1. The second-order valence-electron chi connectivity index (χ2n) is 5.18. The largest absolute Gasteiger partial charge is 0.326 e. The van der Waals surface area contributed by atoms with Crippen LogP contribution in [0.2, 0.25) is 0 Å². The fourth-order valence-corrected chi connectivity index (χ4v) is 3.28. The number of carbonyl (C=O) groups excluding carboxylic acids is 1. The standard InChI is InChI=1S/C16H16N4O3S/c21-16(19-13-6-7-15-12(10-13)11-17-20-15)8-9-18-24(22,23)14-4-2-1-3-5-14/h1-7,10-11,18H,8-9H2,(H,17,20)(H,19,21). The smallest absolute Gasteiger partial charge is 0.240 e. The number of nitrogens with zero attached hydrogens (tertiary/aromatic N) is 1. The van der Waals surface area contributed by atoms with Gasteiger partial charge in [0.15, 0.2) is 0 Å². The first-order chi connectivity index (χ1) is 11.5. The molecule has 0 saturated heterocycles. The van der Waals surface area contributed by atoms with Crippen molar-refractivity contribution in [2.75, 3.05) is 11.9 Å². The van der Waals surface area contributed by atoms with E-state index in [1.54, 1.807) is 36.5 Å². The lowest BCUT2D eigenvalue weighted by molar-refractivity contribution is -0.116. The highest BCUT2D eigenvalue weighted by Gasteiger charge is 2.13. The Bertz CT molecular complexity index is 952. The van der Waals surface area contributed by atoms with Crippen molar-refractivity contribution in [3.8, 4) is 0 Å². The Morgan fingerprint density at radius 2 is 1.92 bits per heavy atom. The molecule has 0 aliphatic rings. The van der Waals surface area contributed by atoms with E-state index in [2.05, 4.69) is 20.2 Å². The topological polar surface area (TPSA) is 104 Å². The maximum absolute atomic E-state index is 12.0. The predicted octanol–water partition coefficient (Wildman–Crippen LogP) is 1.87. The molecule has 0 bridgehead atoms. The molecule has 2 aromatic carbocycles. The molecular weight excluding hydrogens is 328 g/mol. The van der Waals surface area contributed by atoms with Crippen molar-refractivity contribution in [2.45, 2.75) is 11.3 Å². The van der Waals surface area contributed by atoms with Crippen molar-refractivity contribution in [3.05, 3.63) is 54.7 Å². The summed E-state index contributed by atoms with van der Waals surface area (Å²) >= 11 is 0. The van der Waals surface area contributed by atoms with Gasteiger partial charge in [-0.25, -0.2) is 13.1 Å². The van der Waals surface area contributed by atoms with E-state index in [0.717, 1.165) is 10.9 Å². The second kappa shape index (κ2) is 6.81. The van der Waals surface area contributed by atoms with E-state index in [1.165, 1.54) is 12.1 Å². The Kier molecular flexibility index (Phi) is 4.59. The van der Waals surface area contributed by atoms with Crippen LogP contribution in [0.1, 0.15) is 6.42 Å². The molecule has 124 valence electrons. The number of aromatic amines is 1. The lowest BCUT2D eigenvalue weighted by atomic mass is 10.2. The van der Waals surface area contributed by atoms with Gasteiger partial charge in [-0.3, -0.25) is 9.89 Å². The van der Waals surface area contributed by atoms with Crippen molar-refractivity contribution in [3.63, 3.8) is 0 Å². The molecule has 3 rings (SSSR count). The summed E-state index contributed by atoms with van der Waals surface area (Å²) in [6.45, 7) is 0.0248. The number of hydrogen-bond donors (Lipinski definition) is 3. The van der Waals surface area contributed by atoms with Gasteiger partial charge >= 0.3 is 0 Å². The van der Waals surface area contributed by atoms with Gasteiger partial charge in [-0.1, -0.05) is 18.2 Å². The van der Waals surface area contributed by atoms with Gasteiger partial charge in [0.1, 0.15) is 0 Å². The van der Waals surface area contributed by atoms with Crippen LogP contribution in [0.3, 0.4) is 0 Å². The predicted molar refractivity (Wildman–Crippen MR) is 91.0 cm³/mol. The fourth-order valence-electron chi connectivity index (χ4n) is 2.23. The van der Waals surface area contributed by atoms with Crippen LogP contribution < -0.4 is 10.0 Å². The summed E-state index contributed by atoms with van der Waals surface area (Å²) in [4.78, 5) is 12.1. The minimum Gasteiger partial charge on any atom is -0.326 e. The molecule has 0 aliphatic heterocycles. The summed E-state index contributed by atoms with van der Waals surface area (Å²) in [5.74, 6) is -0.270. The highest BCUT2D eigenvalue weighted by Crippen LogP contribution is 2.16. The van der Waals surface area contributed by atoms with Crippen molar-refractivity contribution < 1.29 is 13.2 Å². The third-order valence-corrected chi connectivity index (χ3v) is 4.90. The lowest BCUT2D eigenvalue weighted by Crippen LogP contribution is -2.27. The molecule has 0 atom stereocenters. The molecule has 0 spiro atoms. The van der Waals surface area contributed by atoms with E-state index in [-0.39, 0.29) is 23.8 Å². The number of H-pyrrole nitrogens is 1. The molecular formula is C16H16N4O3S. The number of sulfonamides is 1. The zero-order valence-corrected chi connectivity index (χ0v) is 13.5. The molecule has 0 fully saturated rings. The first-order valence-electron chi connectivity index (χ1n) is 7.32. The molecule has 0 radical (unpaired) electrons. The normalized spacial score (nSPS) is 11.5. The highest BCUT2D eigenvalue weighted by molar-refractivity contribution is 7.89. The van der Waals surface area contributed by atoms with E-state index in [9.17, 15) is 13.2 Å². The summed E-state index contributed by atoms with van der Waals surface area (Å²) in [6.07, 6.45) is 1.70. The van der Waals surface area contributed by atoms with Crippen LogP contribution in [0, 0.1) is 0 Å². The number of rotatable bonds is 6. The fraction of sp³-hybridized carbons (Fsp3) is 0.125. The van der Waals surface area contributed by atoms with E-state index in [0.29, 0.717) is 5.69 Å². The van der Waals surface area contributed by atoms with Gasteiger partial charge in [0.25, 0.3) is 0 Å². The van der Waals surface area contributed by atoms with Gasteiger partial charge in [0.05, 0.1) is 16.6 Å². The molecule has 3 aromatic rings. The molecule has 1 amide bonds. The van der Waals surface area contributed by atoms with Crippen molar-refractivity contribution >= 4 is 32.5 Å². The summed E-state index contributed by atoms with van der Waals surface area (Å²) in [6, 6.07) is 13.4. The van der Waals surface area contributed by atoms with Crippen LogP contribution in [0.5, 0.6) is 0 Å². The maximum Gasteiger partial charge on any atom is 0.240 e. The highest BCUT2D eigenvalue weighted by atomic mass is 32.2. The van der Waals surface area contributed by atoms with Crippen LogP contribution in [0.4, 0.5) is 5.69 Å². The number of hydrogen-bond acceptors (Lipinski definition) is 4. The van der Waals surface area contributed by atoms with E-state index in [4.69, 9.17) is 0 Å². The summed E-state index contributed by atoms with van der Waals surface area (Å²) in [7, 11) is -3.59. The van der Waals surface area contributed by atoms with Crippen LogP contribution in [0.15, 0.2) is 59.6 Å². The minimum absolute atomic E-state index is 0.0248. The average Bonchev–Trinajstić information content (AvgIpc) is 3.03. The average molecular weight is 344 g/mol. The summed E-state index contributed by atoms with van der Waals surface area (Å²) in [5.41, 5.74) is 1.52. The van der Waals surface area contributed by atoms with Crippen molar-refractivity contribution in [2.24, 2.45) is 0 Å². The van der Waals surface area contributed by atoms with E-state index < -0.39 is 10.0 Å². The number of anilines is 1. The lowest BCUT2D eigenvalue weighted by Gasteiger charge is -2.07. The minimum atomic E-state index is -3.59. The maximum atomic E-state index is 12.0. The summed E-state index contributed by atoms with van der Waals surface area (Å²) in [5, 5.41) is 10.4. The monoisotopic (exact) mass is 344 g/mol. The molecule has 0 aliphatic carbocycles. The zero-order chi connectivity index (χ0) is 17.0. The van der Waals surface area contributed by atoms with Gasteiger partial charge in [0, 0.05) is 24.0 Å². The van der Waals surface area contributed by atoms with Gasteiger partial charge in [-0.15, -0.1) is 0 Å². The molecule has 24 heavy (non-hydrogen) atoms. The van der Waals surface area contributed by atoms with Gasteiger partial charge in [0.2, 0.25) is 15.9 Å². The number of nitrogens with one attached hydrogen (secondary N) is 3. The second-order valence-corrected chi connectivity index (χ2v) is 6.95. The number of benzene rings is 2. The quantitative estimate of drug-likeness (QED) is 0.635. The molecule has 0 saturated carbocycles. The van der Waals surface area contributed by atoms with Gasteiger partial charge in [-0.05, 0) is 30.3 Å². The van der Waals surface area contributed by atoms with E-state index >= 15 is 0 Å².